The van der Waals surface area contributed by atoms with Crippen LogP contribution in [0.3, 0.4) is 0 Å². The Morgan fingerprint density at radius 2 is 1.88 bits per heavy atom. The highest BCUT2D eigenvalue weighted by molar-refractivity contribution is 5.85. The summed E-state index contributed by atoms with van der Waals surface area (Å²) in [5, 5.41) is 11.6. The van der Waals surface area contributed by atoms with Crippen LogP contribution in [0.5, 0.6) is 0 Å². The second-order valence-electron chi connectivity index (χ2n) is 5.35. The van der Waals surface area contributed by atoms with Crippen LogP contribution >= 0.6 is 0 Å². The molecule has 0 radical (unpaired) electrons. The van der Waals surface area contributed by atoms with Gasteiger partial charge in [-0.2, -0.15) is 0 Å². The van der Waals surface area contributed by atoms with Crippen LogP contribution in [0.4, 0.5) is 0 Å². The lowest BCUT2D eigenvalue weighted by Crippen LogP contribution is -2.47. The number of esters is 1. The highest BCUT2D eigenvalue weighted by Crippen LogP contribution is 2.10. The van der Waals surface area contributed by atoms with Crippen LogP contribution in [0.1, 0.15) is 25.8 Å². The first-order chi connectivity index (χ1) is 11.4. The third-order valence-corrected chi connectivity index (χ3v) is 3.29. The van der Waals surface area contributed by atoms with Crippen molar-refractivity contribution in [2.24, 2.45) is 5.92 Å². The zero-order chi connectivity index (χ0) is 17.9. The van der Waals surface area contributed by atoms with Crippen molar-refractivity contribution in [1.29, 1.82) is 0 Å². The number of nitrogens with one attached hydrogen (secondary N) is 1. The van der Waals surface area contributed by atoms with Crippen LogP contribution < -0.4 is 5.32 Å². The quantitative estimate of drug-likeness (QED) is 0.625. The van der Waals surface area contributed by atoms with Crippen molar-refractivity contribution in [3.63, 3.8) is 0 Å². The van der Waals surface area contributed by atoms with Gasteiger partial charge in [-0.1, -0.05) is 37.3 Å². The van der Waals surface area contributed by atoms with Gasteiger partial charge in [0, 0.05) is 0 Å². The minimum absolute atomic E-state index is 0.0873. The van der Waals surface area contributed by atoms with E-state index in [1.54, 1.807) is 13.8 Å². The number of rotatable bonds is 10. The first-order valence-corrected chi connectivity index (χ1v) is 7.73. The molecule has 1 rings (SSSR count). The van der Waals surface area contributed by atoms with Crippen LogP contribution in [-0.4, -0.2) is 42.2 Å². The highest BCUT2D eigenvalue weighted by atomic mass is 16.5. The average molecular weight is 337 g/mol. The summed E-state index contributed by atoms with van der Waals surface area (Å²) < 4.78 is 10.1. The number of carboxylic acid groups (broad SMARTS) is 1. The fourth-order valence-electron chi connectivity index (χ4n) is 2.10. The van der Waals surface area contributed by atoms with E-state index in [4.69, 9.17) is 9.47 Å². The van der Waals surface area contributed by atoms with Crippen molar-refractivity contribution in [1.82, 2.24) is 5.32 Å². The van der Waals surface area contributed by atoms with Crippen LogP contribution in [0, 0.1) is 5.92 Å². The molecular formula is C17H23NO6. The Bertz CT molecular complexity index is 545. The molecule has 7 nitrogen and oxygen atoms in total. The third-order valence-electron chi connectivity index (χ3n) is 3.29. The van der Waals surface area contributed by atoms with Gasteiger partial charge in [0.25, 0.3) is 0 Å². The van der Waals surface area contributed by atoms with Gasteiger partial charge in [-0.25, -0.2) is 4.79 Å². The lowest BCUT2D eigenvalue weighted by molar-refractivity contribution is -0.147. The van der Waals surface area contributed by atoms with Gasteiger partial charge in [-0.15, -0.1) is 0 Å². The second kappa shape index (κ2) is 10.4. The van der Waals surface area contributed by atoms with E-state index in [2.05, 4.69) is 5.32 Å². The Labute approximate surface area is 141 Å². The van der Waals surface area contributed by atoms with Gasteiger partial charge in [0.05, 0.1) is 19.6 Å². The maximum Gasteiger partial charge on any atom is 0.326 e. The van der Waals surface area contributed by atoms with Crippen molar-refractivity contribution in [2.45, 2.75) is 32.9 Å². The molecule has 0 saturated carbocycles. The van der Waals surface area contributed by atoms with Gasteiger partial charge in [-0.3, -0.25) is 9.59 Å². The number of hydrogen-bond acceptors (Lipinski definition) is 5. The zero-order valence-corrected chi connectivity index (χ0v) is 13.9. The Hall–Kier alpha value is -2.41. The van der Waals surface area contributed by atoms with Crippen LogP contribution in [0.15, 0.2) is 30.3 Å². The average Bonchev–Trinajstić information content (AvgIpc) is 2.53. The molecule has 1 aromatic carbocycles. The summed E-state index contributed by atoms with van der Waals surface area (Å²) >= 11 is 0. The van der Waals surface area contributed by atoms with Crippen LogP contribution in [0.2, 0.25) is 0 Å². The summed E-state index contributed by atoms with van der Waals surface area (Å²) in [6, 6.07) is 8.13. The van der Waals surface area contributed by atoms with E-state index in [9.17, 15) is 19.5 Å². The molecule has 0 aliphatic carbocycles. The molecule has 0 aliphatic rings. The van der Waals surface area contributed by atoms with E-state index in [-0.39, 0.29) is 26.2 Å². The smallest absolute Gasteiger partial charge is 0.326 e. The molecule has 0 fully saturated rings. The topological polar surface area (TPSA) is 102 Å². The Morgan fingerprint density at radius 3 is 2.46 bits per heavy atom. The summed E-state index contributed by atoms with van der Waals surface area (Å²) in [6.45, 7) is 3.46. The van der Waals surface area contributed by atoms with Crippen LogP contribution in [-0.2, 0) is 30.5 Å². The first-order valence-electron chi connectivity index (χ1n) is 7.73. The lowest BCUT2D eigenvalue weighted by Gasteiger charge is -2.20. The number of hydrogen-bond donors (Lipinski definition) is 2. The summed E-state index contributed by atoms with van der Waals surface area (Å²) in [4.78, 5) is 34.6. The van der Waals surface area contributed by atoms with Gasteiger partial charge >= 0.3 is 11.9 Å². The number of carbonyl (C=O) groups excluding carboxylic acids is 2. The maximum atomic E-state index is 11.8. The fourth-order valence-corrected chi connectivity index (χ4v) is 2.10. The minimum atomic E-state index is -1.21. The highest BCUT2D eigenvalue weighted by Gasteiger charge is 2.28. The van der Waals surface area contributed by atoms with Gasteiger partial charge in [0.15, 0.2) is 0 Å². The van der Waals surface area contributed by atoms with E-state index >= 15 is 0 Å². The Balaban J connectivity index is 2.44. The van der Waals surface area contributed by atoms with Gasteiger partial charge in [-0.05, 0) is 18.4 Å². The molecular weight excluding hydrogens is 314 g/mol. The molecule has 2 atom stereocenters. The predicted octanol–water partition coefficient (Wildman–Crippen LogP) is 1.36. The van der Waals surface area contributed by atoms with Gasteiger partial charge in [0.2, 0.25) is 5.91 Å². The molecule has 24 heavy (non-hydrogen) atoms. The predicted molar refractivity (Wildman–Crippen MR) is 86.1 cm³/mol. The van der Waals surface area contributed by atoms with Crippen molar-refractivity contribution in [3.8, 4) is 0 Å². The maximum absolute atomic E-state index is 11.8. The Kier molecular flexibility index (Phi) is 8.49. The Morgan fingerprint density at radius 1 is 1.21 bits per heavy atom. The minimum Gasteiger partial charge on any atom is -0.480 e. The first kappa shape index (κ1) is 19.6. The van der Waals surface area contributed by atoms with E-state index in [0.29, 0.717) is 0 Å². The monoisotopic (exact) mass is 337 g/mol. The molecule has 0 heterocycles. The van der Waals surface area contributed by atoms with E-state index in [0.717, 1.165) is 5.56 Å². The normalized spacial score (nSPS) is 12.9. The number of benzene rings is 1. The largest absolute Gasteiger partial charge is 0.480 e. The molecule has 2 N–H and O–H groups in total. The molecule has 1 aromatic rings. The summed E-state index contributed by atoms with van der Waals surface area (Å²) in [5.41, 5.74) is 0.913. The number of aliphatic carboxylic acids is 1. The molecule has 0 bridgehead atoms. The van der Waals surface area contributed by atoms with Gasteiger partial charge in [0.1, 0.15) is 12.6 Å². The summed E-state index contributed by atoms with van der Waals surface area (Å²) in [7, 11) is 0. The molecule has 0 spiro atoms. The fraction of sp³-hybridized carbons (Fsp3) is 0.471. The summed E-state index contributed by atoms with van der Waals surface area (Å²) in [6.07, 6.45) is -0.0873. The molecule has 0 saturated heterocycles. The lowest BCUT2D eigenvalue weighted by atomic mass is 9.98. The van der Waals surface area contributed by atoms with Gasteiger partial charge < -0.3 is 19.9 Å². The van der Waals surface area contributed by atoms with E-state index < -0.39 is 29.8 Å². The molecule has 7 heteroatoms. The molecule has 0 aromatic heterocycles. The van der Waals surface area contributed by atoms with E-state index in [1.807, 2.05) is 30.3 Å². The third kappa shape index (κ3) is 7.23. The SMILES string of the molecule is CCOC(=O)C[C@@H](C)[C@H](NC(=O)COCc1ccccc1)C(=O)O. The molecule has 0 unspecified atom stereocenters. The molecule has 132 valence electrons. The number of carboxylic acids is 1. The van der Waals surface area contributed by atoms with Crippen molar-refractivity contribution in [2.75, 3.05) is 13.2 Å². The number of carbonyl (C=O) groups is 3. The molecule has 1 amide bonds. The molecule has 0 aliphatic heterocycles. The van der Waals surface area contributed by atoms with Crippen molar-refractivity contribution >= 4 is 17.8 Å². The second-order valence-corrected chi connectivity index (χ2v) is 5.35. The number of amides is 1. The zero-order valence-electron chi connectivity index (χ0n) is 13.9. The summed E-state index contributed by atoms with van der Waals surface area (Å²) in [5.74, 6) is -2.84. The van der Waals surface area contributed by atoms with Crippen molar-refractivity contribution in [3.05, 3.63) is 35.9 Å². The van der Waals surface area contributed by atoms with Crippen molar-refractivity contribution < 1.29 is 29.0 Å². The number of ether oxygens (including phenoxy) is 2. The standard InChI is InChI=1S/C17H23NO6/c1-3-24-15(20)9-12(2)16(17(21)22)18-14(19)11-23-10-13-7-5-4-6-8-13/h4-8,12,16H,3,9-11H2,1-2H3,(H,18,19)(H,21,22)/t12-,16+/m1/s1. The van der Waals surface area contributed by atoms with Crippen LogP contribution in [0.25, 0.3) is 0 Å². The van der Waals surface area contributed by atoms with E-state index in [1.165, 1.54) is 0 Å².